The first-order chi connectivity index (χ1) is 12.9. The highest BCUT2D eigenvalue weighted by Gasteiger charge is 2.49. The van der Waals surface area contributed by atoms with Crippen LogP contribution in [0.2, 0.25) is 0 Å². The van der Waals surface area contributed by atoms with Crippen LogP contribution in [0.15, 0.2) is 36.4 Å². The molecule has 0 radical (unpaired) electrons. The van der Waals surface area contributed by atoms with Crippen molar-refractivity contribution < 1.29 is 27.8 Å². The molecular formula is C19H16F2N2O4. The van der Waals surface area contributed by atoms with Crippen molar-refractivity contribution in [3.05, 3.63) is 64.7 Å². The van der Waals surface area contributed by atoms with E-state index in [-0.39, 0.29) is 19.9 Å². The Balaban J connectivity index is 1.66. The van der Waals surface area contributed by atoms with E-state index < -0.39 is 29.1 Å². The fourth-order valence-corrected chi connectivity index (χ4v) is 3.36. The van der Waals surface area contributed by atoms with Gasteiger partial charge in [-0.3, -0.25) is 9.69 Å². The zero-order valence-corrected chi connectivity index (χ0v) is 14.4. The molecule has 2 aliphatic rings. The van der Waals surface area contributed by atoms with Crippen LogP contribution in [0.5, 0.6) is 5.75 Å². The third-order valence-electron chi connectivity index (χ3n) is 4.78. The van der Waals surface area contributed by atoms with E-state index in [1.165, 1.54) is 36.4 Å². The van der Waals surface area contributed by atoms with Gasteiger partial charge in [0, 0.05) is 11.1 Å². The number of hydrogen-bond acceptors (Lipinski definition) is 4. The predicted octanol–water partition coefficient (Wildman–Crippen LogP) is 2.80. The van der Waals surface area contributed by atoms with Gasteiger partial charge in [-0.25, -0.2) is 13.6 Å². The molecule has 1 fully saturated rings. The minimum Gasteiger partial charge on any atom is -0.467 e. The average molecular weight is 374 g/mol. The molecular weight excluding hydrogens is 358 g/mol. The highest BCUT2D eigenvalue weighted by molar-refractivity contribution is 6.07. The first-order valence-corrected chi connectivity index (χ1v) is 8.30. The molecule has 2 aliphatic heterocycles. The number of rotatable bonds is 3. The molecule has 8 heteroatoms. The van der Waals surface area contributed by atoms with E-state index in [1.807, 2.05) is 0 Å². The van der Waals surface area contributed by atoms with Gasteiger partial charge in [0.05, 0.1) is 13.2 Å². The number of ether oxygens (including phenoxy) is 2. The fourth-order valence-electron chi connectivity index (χ4n) is 3.36. The minimum atomic E-state index is -1.33. The number of nitrogens with zero attached hydrogens (tertiary/aromatic N) is 1. The third kappa shape index (κ3) is 2.91. The molecule has 140 valence electrons. The van der Waals surface area contributed by atoms with E-state index in [4.69, 9.17) is 9.47 Å². The number of nitrogens with one attached hydrogen (secondary N) is 1. The largest absolute Gasteiger partial charge is 0.467 e. The fraction of sp³-hybridized carbons (Fsp3) is 0.263. The number of carbonyl (C=O) groups excluding carboxylic acids is 2. The van der Waals surface area contributed by atoms with Crippen LogP contribution >= 0.6 is 0 Å². The van der Waals surface area contributed by atoms with Gasteiger partial charge in [-0.2, -0.15) is 0 Å². The predicted molar refractivity (Wildman–Crippen MR) is 89.5 cm³/mol. The normalized spacial score (nSPS) is 21.7. The smallest absolute Gasteiger partial charge is 0.325 e. The lowest BCUT2D eigenvalue weighted by Crippen LogP contribution is -2.40. The Morgan fingerprint density at radius 3 is 2.63 bits per heavy atom. The summed E-state index contributed by atoms with van der Waals surface area (Å²) in [5.74, 6) is -1.05. The topological polar surface area (TPSA) is 67.9 Å². The Morgan fingerprint density at radius 1 is 1.15 bits per heavy atom. The second kappa shape index (κ2) is 6.31. The summed E-state index contributed by atoms with van der Waals surface area (Å²) in [4.78, 5) is 26.4. The van der Waals surface area contributed by atoms with Gasteiger partial charge in [0.1, 0.15) is 22.9 Å². The molecule has 0 saturated carbocycles. The molecule has 2 aromatic rings. The van der Waals surface area contributed by atoms with Crippen molar-refractivity contribution in [2.75, 3.05) is 6.79 Å². The summed E-state index contributed by atoms with van der Waals surface area (Å²) in [5, 5.41) is 2.64. The highest BCUT2D eigenvalue weighted by Crippen LogP contribution is 2.34. The van der Waals surface area contributed by atoms with Gasteiger partial charge in [-0.05, 0) is 36.8 Å². The lowest BCUT2D eigenvalue weighted by molar-refractivity contribution is -0.131. The molecule has 6 nitrogen and oxygen atoms in total. The number of amides is 3. The van der Waals surface area contributed by atoms with Crippen LogP contribution in [-0.2, 0) is 28.2 Å². The molecule has 1 unspecified atom stereocenters. The average Bonchev–Trinajstić information content (AvgIpc) is 2.86. The monoisotopic (exact) mass is 374 g/mol. The zero-order chi connectivity index (χ0) is 19.2. The van der Waals surface area contributed by atoms with Gasteiger partial charge in [-0.15, -0.1) is 0 Å². The van der Waals surface area contributed by atoms with E-state index in [2.05, 4.69) is 5.32 Å². The zero-order valence-electron chi connectivity index (χ0n) is 14.4. The van der Waals surface area contributed by atoms with Crippen LogP contribution < -0.4 is 10.1 Å². The van der Waals surface area contributed by atoms with Crippen molar-refractivity contribution in [1.82, 2.24) is 10.2 Å². The Labute approximate surface area is 153 Å². The highest BCUT2D eigenvalue weighted by atomic mass is 19.1. The molecule has 0 aliphatic carbocycles. The van der Waals surface area contributed by atoms with E-state index in [0.717, 1.165) is 4.90 Å². The first-order valence-electron chi connectivity index (χ1n) is 8.30. The molecule has 0 bridgehead atoms. The van der Waals surface area contributed by atoms with E-state index in [9.17, 15) is 18.4 Å². The van der Waals surface area contributed by atoms with Crippen LogP contribution in [0.3, 0.4) is 0 Å². The van der Waals surface area contributed by atoms with Gasteiger partial charge in [0.2, 0.25) is 0 Å². The Kier molecular flexibility index (Phi) is 4.07. The van der Waals surface area contributed by atoms with Crippen LogP contribution in [0, 0.1) is 11.6 Å². The summed E-state index contributed by atoms with van der Waals surface area (Å²) in [7, 11) is 0. The molecule has 1 atom stereocenters. The molecule has 2 heterocycles. The second-order valence-electron chi connectivity index (χ2n) is 6.62. The number of carbonyl (C=O) groups is 2. The number of urea groups is 1. The van der Waals surface area contributed by atoms with E-state index in [0.29, 0.717) is 22.4 Å². The van der Waals surface area contributed by atoms with Crippen molar-refractivity contribution >= 4 is 11.9 Å². The maximum absolute atomic E-state index is 13.9. The van der Waals surface area contributed by atoms with Crippen LogP contribution in [0.25, 0.3) is 0 Å². The molecule has 0 aromatic heterocycles. The summed E-state index contributed by atoms with van der Waals surface area (Å²) < 4.78 is 37.7. The second-order valence-corrected chi connectivity index (χ2v) is 6.62. The van der Waals surface area contributed by atoms with E-state index in [1.54, 1.807) is 6.92 Å². The summed E-state index contributed by atoms with van der Waals surface area (Å²) in [6.07, 6.45) is 0. The van der Waals surface area contributed by atoms with Crippen molar-refractivity contribution in [2.24, 2.45) is 0 Å². The molecule has 3 amide bonds. The molecule has 2 aromatic carbocycles. The molecule has 27 heavy (non-hydrogen) atoms. The standard InChI is InChI=1S/C19H16F2N2O4/c1-19(13-2-4-14(20)5-3-13)17(24)23(18(25)22-19)8-11-6-15(21)7-12-9-26-10-27-16(11)12/h2-7H,8-10H2,1H3,(H,22,25). The van der Waals surface area contributed by atoms with Gasteiger partial charge < -0.3 is 14.8 Å². The summed E-state index contributed by atoms with van der Waals surface area (Å²) in [6, 6.07) is 7.25. The van der Waals surface area contributed by atoms with Gasteiger partial charge in [-0.1, -0.05) is 12.1 Å². The van der Waals surface area contributed by atoms with Crippen molar-refractivity contribution in [3.8, 4) is 5.75 Å². The number of hydrogen-bond donors (Lipinski definition) is 1. The Morgan fingerprint density at radius 2 is 1.89 bits per heavy atom. The van der Waals surface area contributed by atoms with Crippen molar-refractivity contribution in [3.63, 3.8) is 0 Å². The number of fused-ring (bicyclic) bond motifs is 1. The molecule has 0 spiro atoms. The van der Waals surface area contributed by atoms with Crippen molar-refractivity contribution in [2.45, 2.75) is 25.6 Å². The number of halogens is 2. The third-order valence-corrected chi connectivity index (χ3v) is 4.78. The lowest BCUT2D eigenvalue weighted by atomic mass is 9.92. The molecule has 1 N–H and O–H groups in total. The number of imide groups is 1. The first kappa shape index (κ1) is 17.4. The van der Waals surface area contributed by atoms with Crippen LogP contribution in [0.1, 0.15) is 23.6 Å². The lowest BCUT2D eigenvalue weighted by Gasteiger charge is -2.24. The van der Waals surface area contributed by atoms with Gasteiger partial charge >= 0.3 is 6.03 Å². The van der Waals surface area contributed by atoms with Crippen LogP contribution in [-0.4, -0.2) is 23.6 Å². The Bertz CT molecular complexity index is 932. The maximum Gasteiger partial charge on any atom is 0.325 e. The van der Waals surface area contributed by atoms with Crippen molar-refractivity contribution in [1.29, 1.82) is 0 Å². The Hall–Kier alpha value is -3.00. The summed E-state index contributed by atoms with van der Waals surface area (Å²) in [6.45, 7) is 1.60. The summed E-state index contributed by atoms with van der Waals surface area (Å²) in [5.41, 5.74) is 0.0164. The summed E-state index contributed by atoms with van der Waals surface area (Å²) >= 11 is 0. The maximum atomic E-state index is 13.9. The van der Waals surface area contributed by atoms with Gasteiger partial charge in [0.15, 0.2) is 6.79 Å². The SMILES string of the molecule is CC1(c2ccc(F)cc2)NC(=O)N(Cc2cc(F)cc3c2OCOC3)C1=O. The van der Waals surface area contributed by atoms with Gasteiger partial charge in [0.25, 0.3) is 5.91 Å². The number of benzene rings is 2. The molecule has 1 saturated heterocycles. The molecule has 4 rings (SSSR count). The van der Waals surface area contributed by atoms with E-state index >= 15 is 0 Å². The van der Waals surface area contributed by atoms with Crippen LogP contribution in [0.4, 0.5) is 13.6 Å². The quantitative estimate of drug-likeness (QED) is 0.839. The minimum absolute atomic E-state index is 0.0130.